The molecule has 0 unspecified atom stereocenters. The molecule has 2 N–H and O–H groups in total. The average molecular weight is 310 g/mol. The molecular formula is C15H24ClN5. The minimum Gasteiger partial charge on any atom is -0.378 e. The number of nitrogens with zero attached hydrogens (tertiary/aromatic N) is 3. The van der Waals surface area contributed by atoms with E-state index in [4.69, 9.17) is 11.6 Å². The molecule has 0 aliphatic heterocycles. The molecule has 0 aromatic carbocycles. The zero-order valence-corrected chi connectivity index (χ0v) is 13.8. The number of rotatable bonds is 9. The van der Waals surface area contributed by atoms with Gasteiger partial charge in [-0.1, -0.05) is 50.4 Å². The number of aromatic nitrogens is 2. The van der Waals surface area contributed by atoms with E-state index in [1.165, 1.54) is 0 Å². The van der Waals surface area contributed by atoms with E-state index in [1.807, 2.05) is 6.92 Å². The van der Waals surface area contributed by atoms with Crippen molar-refractivity contribution in [1.82, 2.24) is 10.2 Å². The van der Waals surface area contributed by atoms with Crippen molar-refractivity contribution >= 4 is 28.8 Å². The van der Waals surface area contributed by atoms with Crippen molar-refractivity contribution in [1.29, 1.82) is 0 Å². The molecule has 6 heteroatoms. The fourth-order valence-corrected chi connectivity index (χ4v) is 1.92. The largest absolute Gasteiger partial charge is 0.378 e. The van der Waals surface area contributed by atoms with Crippen molar-refractivity contribution in [3.63, 3.8) is 0 Å². The van der Waals surface area contributed by atoms with Crippen molar-refractivity contribution in [3.05, 3.63) is 23.4 Å². The molecular weight excluding hydrogens is 286 g/mol. The number of anilines is 2. The first-order valence-corrected chi connectivity index (χ1v) is 7.67. The molecule has 1 heterocycles. The van der Waals surface area contributed by atoms with Gasteiger partial charge in [-0.15, -0.1) is 10.2 Å². The van der Waals surface area contributed by atoms with Crippen LogP contribution in [0.2, 0.25) is 5.15 Å². The molecule has 0 bridgehead atoms. The van der Waals surface area contributed by atoms with Gasteiger partial charge in [0.15, 0.2) is 11.0 Å². The van der Waals surface area contributed by atoms with Gasteiger partial charge < -0.3 is 5.32 Å². The van der Waals surface area contributed by atoms with Crippen molar-refractivity contribution in [2.45, 2.75) is 46.5 Å². The molecule has 0 radical (unpaired) electrons. The molecule has 1 aromatic heterocycles. The van der Waals surface area contributed by atoms with Gasteiger partial charge in [0.05, 0.1) is 5.69 Å². The lowest BCUT2D eigenvalue weighted by Crippen LogP contribution is -2.08. The third-order valence-electron chi connectivity index (χ3n) is 2.74. The van der Waals surface area contributed by atoms with Crippen LogP contribution < -0.4 is 10.7 Å². The second-order valence-corrected chi connectivity index (χ2v) is 5.42. The Labute approximate surface area is 131 Å². The van der Waals surface area contributed by atoms with E-state index >= 15 is 0 Å². The molecule has 0 aliphatic rings. The minimum absolute atomic E-state index is 0.344. The molecule has 0 amide bonds. The lowest BCUT2D eigenvalue weighted by Gasteiger charge is -2.11. The molecule has 5 nitrogen and oxygen atoms in total. The minimum atomic E-state index is 0.344. The summed E-state index contributed by atoms with van der Waals surface area (Å²) >= 11 is 5.89. The van der Waals surface area contributed by atoms with Gasteiger partial charge in [0.2, 0.25) is 0 Å². The maximum Gasteiger partial charge on any atom is 0.192 e. The highest BCUT2D eigenvalue weighted by molar-refractivity contribution is 6.29. The predicted octanol–water partition coefficient (Wildman–Crippen LogP) is 4.49. The van der Waals surface area contributed by atoms with Gasteiger partial charge in [-0.05, 0) is 19.8 Å². The fraction of sp³-hybridized carbons (Fsp3) is 0.533. The molecule has 0 spiro atoms. The van der Waals surface area contributed by atoms with E-state index in [0.717, 1.165) is 42.7 Å². The second kappa shape index (κ2) is 9.34. The summed E-state index contributed by atoms with van der Waals surface area (Å²) in [5, 5.41) is 15.9. The maximum atomic E-state index is 5.89. The lowest BCUT2D eigenvalue weighted by atomic mass is 10.1. The molecule has 1 aromatic rings. The average Bonchev–Trinajstić information content (AvgIpc) is 2.44. The Morgan fingerprint density at radius 1 is 1.29 bits per heavy atom. The smallest absolute Gasteiger partial charge is 0.192 e. The van der Waals surface area contributed by atoms with Crippen molar-refractivity contribution in [2.75, 3.05) is 17.3 Å². The van der Waals surface area contributed by atoms with Gasteiger partial charge in [-0.3, -0.25) is 5.43 Å². The number of hydrogen-bond donors (Lipinski definition) is 2. The van der Waals surface area contributed by atoms with Crippen LogP contribution in [0.5, 0.6) is 0 Å². The summed E-state index contributed by atoms with van der Waals surface area (Å²) in [4.78, 5) is 0. The Morgan fingerprint density at radius 2 is 1.95 bits per heavy atom. The number of nitrogens with one attached hydrogen (secondary N) is 2. The molecule has 0 aliphatic carbocycles. The van der Waals surface area contributed by atoms with Crippen LogP contribution in [0.1, 0.15) is 46.5 Å². The van der Waals surface area contributed by atoms with Crippen LogP contribution in [0, 0.1) is 0 Å². The first kappa shape index (κ1) is 17.4. The standard InChI is InChI=1S/C15H24ClN5/c1-5-7-12(8-6-2)18-20-15-13(17-10-11(3)4)9-14(16)19-21-15/h9H,3,5-8,10H2,1-2,4H3,(H,17,19)(H,20,21). The number of hydrogen-bond acceptors (Lipinski definition) is 5. The van der Waals surface area contributed by atoms with Crippen molar-refractivity contribution < 1.29 is 0 Å². The summed E-state index contributed by atoms with van der Waals surface area (Å²) < 4.78 is 0. The monoisotopic (exact) mass is 309 g/mol. The van der Waals surface area contributed by atoms with Crippen molar-refractivity contribution in [3.8, 4) is 0 Å². The van der Waals surface area contributed by atoms with Crippen LogP contribution in [0.3, 0.4) is 0 Å². The zero-order valence-electron chi connectivity index (χ0n) is 13.0. The zero-order chi connectivity index (χ0) is 15.7. The predicted molar refractivity (Wildman–Crippen MR) is 91.2 cm³/mol. The van der Waals surface area contributed by atoms with E-state index in [1.54, 1.807) is 6.07 Å². The molecule has 0 saturated heterocycles. The van der Waals surface area contributed by atoms with Gasteiger partial charge in [-0.25, -0.2) is 0 Å². The molecule has 1 rings (SSSR count). The summed E-state index contributed by atoms with van der Waals surface area (Å²) in [7, 11) is 0. The van der Waals surface area contributed by atoms with E-state index in [2.05, 4.69) is 46.5 Å². The molecule has 0 fully saturated rings. The quantitative estimate of drug-likeness (QED) is 0.401. The highest BCUT2D eigenvalue weighted by Gasteiger charge is 2.06. The highest BCUT2D eigenvalue weighted by atomic mass is 35.5. The second-order valence-electron chi connectivity index (χ2n) is 5.03. The molecule has 116 valence electrons. The molecule has 0 saturated carbocycles. The summed E-state index contributed by atoms with van der Waals surface area (Å²) in [5.41, 5.74) is 5.93. The summed E-state index contributed by atoms with van der Waals surface area (Å²) in [5.74, 6) is 0.574. The molecule has 0 atom stereocenters. The van der Waals surface area contributed by atoms with Crippen LogP contribution in [0.15, 0.2) is 23.3 Å². The SMILES string of the molecule is C=C(C)CNc1cc(Cl)nnc1NN=C(CCC)CCC. The van der Waals surface area contributed by atoms with E-state index in [-0.39, 0.29) is 0 Å². The normalized spacial score (nSPS) is 10.1. The molecule has 21 heavy (non-hydrogen) atoms. The van der Waals surface area contributed by atoms with Crippen LogP contribution in [-0.2, 0) is 0 Å². The topological polar surface area (TPSA) is 62.2 Å². The van der Waals surface area contributed by atoms with Gasteiger partial charge in [0, 0.05) is 18.3 Å². The third kappa shape index (κ3) is 6.58. The Hall–Kier alpha value is -1.62. The Bertz CT molecular complexity index is 491. The van der Waals surface area contributed by atoms with Gasteiger partial charge in [0.25, 0.3) is 0 Å². The van der Waals surface area contributed by atoms with Crippen LogP contribution in [0.25, 0.3) is 0 Å². The maximum absolute atomic E-state index is 5.89. The van der Waals surface area contributed by atoms with Gasteiger partial charge in [0.1, 0.15) is 0 Å². The summed E-state index contributed by atoms with van der Waals surface area (Å²) in [6, 6.07) is 1.73. The summed E-state index contributed by atoms with van der Waals surface area (Å²) in [6.45, 7) is 10.8. The Balaban J connectivity index is 2.85. The van der Waals surface area contributed by atoms with E-state index < -0.39 is 0 Å². The first-order chi connectivity index (χ1) is 10.1. The van der Waals surface area contributed by atoms with Crippen LogP contribution in [-0.4, -0.2) is 22.5 Å². The van der Waals surface area contributed by atoms with Gasteiger partial charge >= 0.3 is 0 Å². The van der Waals surface area contributed by atoms with E-state index in [0.29, 0.717) is 17.5 Å². The Morgan fingerprint density at radius 3 is 2.52 bits per heavy atom. The van der Waals surface area contributed by atoms with Crippen molar-refractivity contribution in [2.24, 2.45) is 5.10 Å². The van der Waals surface area contributed by atoms with E-state index in [9.17, 15) is 0 Å². The number of hydrazone groups is 1. The van der Waals surface area contributed by atoms with Crippen LogP contribution in [0.4, 0.5) is 11.5 Å². The van der Waals surface area contributed by atoms with Crippen LogP contribution >= 0.6 is 11.6 Å². The number of halogens is 1. The highest BCUT2D eigenvalue weighted by Crippen LogP contribution is 2.21. The summed E-state index contributed by atoms with van der Waals surface area (Å²) in [6.07, 6.45) is 4.12. The lowest BCUT2D eigenvalue weighted by molar-refractivity contribution is 0.906. The first-order valence-electron chi connectivity index (χ1n) is 7.29. The fourth-order valence-electron chi connectivity index (χ4n) is 1.78. The third-order valence-corrected chi connectivity index (χ3v) is 2.93. The van der Waals surface area contributed by atoms with Gasteiger partial charge in [-0.2, -0.15) is 5.10 Å². The Kier molecular flexibility index (Phi) is 7.75.